The molecule has 0 amide bonds. The highest BCUT2D eigenvalue weighted by molar-refractivity contribution is 5.67. The van der Waals surface area contributed by atoms with Gasteiger partial charge >= 0.3 is 0 Å². The highest BCUT2D eigenvalue weighted by Crippen LogP contribution is 2.32. The van der Waals surface area contributed by atoms with Gasteiger partial charge in [0.2, 0.25) is 0 Å². The number of nitrogen functional groups attached to an aromatic ring is 1. The van der Waals surface area contributed by atoms with Gasteiger partial charge in [-0.1, -0.05) is 0 Å². The van der Waals surface area contributed by atoms with E-state index in [1.807, 2.05) is 0 Å². The maximum absolute atomic E-state index is 13.3. The number of pyridine rings is 1. The normalized spacial score (nSPS) is 15.2. The van der Waals surface area contributed by atoms with Crippen LogP contribution in [0.25, 0.3) is 11.3 Å². The molecule has 8 heteroatoms. The standard InChI is InChI=1S/C15H17F2N5O/c1-9-20-12(7-14(21-9)22-2-4-23-5-3-22)11-8-19-13(18)6-10(11)15(16)17/h6-8,15H,2-5H2,1H3,(H2,18,19). The van der Waals surface area contributed by atoms with Crippen LogP contribution in [-0.2, 0) is 4.74 Å². The topological polar surface area (TPSA) is 77.2 Å². The average Bonchev–Trinajstić information content (AvgIpc) is 2.55. The molecule has 2 N–H and O–H groups in total. The molecule has 23 heavy (non-hydrogen) atoms. The first-order valence-electron chi connectivity index (χ1n) is 7.27. The third-order valence-electron chi connectivity index (χ3n) is 3.63. The van der Waals surface area contributed by atoms with Gasteiger partial charge in [-0.05, 0) is 13.0 Å². The predicted octanol–water partition coefficient (Wildman–Crippen LogP) is 2.20. The number of halogens is 2. The second-order valence-corrected chi connectivity index (χ2v) is 5.26. The van der Waals surface area contributed by atoms with E-state index in [0.29, 0.717) is 43.6 Å². The van der Waals surface area contributed by atoms with Crippen molar-refractivity contribution in [2.24, 2.45) is 0 Å². The minimum atomic E-state index is -2.66. The molecule has 0 atom stereocenters. The van der Waals surface area contributed by atoms with Crippen molar-refractivity contribution in [3.05, 3.63) is 29.7 Å². The molecule has 0 aromatic carbocycles. The lowest BCUT2D eigenvalue weighted by atomic mass is 10.1. The fourth-order valence-corrected chi connectivity index (χ4v) is 2.53. The zero-order valence-electron chi connectivity index (χ0n) is 12.7. The van der Waals surface area contributed by atoms with Gasteiger partial charge in [-0.25, -0.2) is 23.7 Å². The highest BCUT2D eigenvalue weighted by atomic mass is 19.3. The van der Waals surface area contributed by atoms with Crippen LogP contribution in [0.5, 0.6) is 0 Å². The maximum atomic E-state index is 13.3. The summed E-state index contributed by atoms with van der Waals surface area (Å²) in [5.41, 5.74) is 6.03. The number of hydrogen-bond donors (Lipinski definition) is 1. The fraction of sp³-hybridized carbons (Fsp3) is 0.400. The lowest BCUT2D eigenvalue weighted by Gasteiger charge is -2.28. The van der Waals surface area contributed by atoms with E-state index in [4.69, 9.17) is 10.5 Å². The minimum Gasteiger partial charge on any atom is -0.384 e. The largest absolute Gasteiger partial charge is 0.384 e. The molecule has 1 aliphatic heterocycles. The minimum absolute atomic E-state index is 0.0585. The van der Waals surface area contributed by atoms with Crippen LogP contribution in [0.1, 0.15) is 17.8 Å². The quantitative estimate of drug-likeness (QED) is 0.934. The molecule has 0 spiro atoms. The molecule has 6 nitrogen and oxygen atoms in total. The van der Waals surface area contributed by atoms with Gasteiger partial charge in [-0.2, -0.15) is 0 Å². The monoisotopic (exact) mass is 321 g/mol. The van der Waals surface area contributed by atoms with Crippen LogP contribution in [0.2, 0.25) is 0 Å². The van der Waals surface area contributed by atoms with Crippen LogP contribution < -0.4 is 10.6 Å². The van der Waals surface area contributed by atoms with E-state index in [1.54, 1.807) is 13.0 Å². The van der Waals surface area contributed by atoms with E-state index in [2.05, 4.69) is 19.9 Å². The van der Waals surface area contributed by atoms with Crippen LogP contribution in [0.3, 0.4) is 0 Å². The lowest BCUT2D eigenvalue weighted by Crippen LogP contribution is -2.36. The van der Waals surface area contributed by atoms with Gasteiger partial charge in [0.15, 0.2) is 0 Å². The van der Waals surface area contributed by atoms with Crippen LogP contribution in [0, 0.1) is 6.92 Å². The second-order valence-electron chi connectivity index (χ2n) is 5.26. The molecule has 0 unspecified atom stereocenters. The number of anilines is 2. The van der Waals surface area contributed by atoms with Gasteiger partial charge in [-0.3, -0.25) is 0 Å². The first-order valence-corrected chi connectivity index (χ1v) is 7.27. The number of ether oxygens (including phenoxy) is 1. The number of morpholine rings is 1. The van der Waals surface area contributed by atoms with Crippen molar-refractivity contribution in [2.75, 3.05) is 36.9 Å². The second kappa shape index (κ2) is 6.41. The Balaban J connectivity index is 2.05. The summed E-state index contributed by atoms with van der Waals surface area (Å²) in [4.78, 5) is 14.7. The number of aryl methyl sites for hydroxylation is 1. The Kier molecular flexibility index (Phi) is 4.33. The van der Waals surface area contributed by atoms with Crippen molar-refractivity contribution in [1.29, 1.82) is 0 Å². The van der Waals surface area contributed by atoms with E-state index in [1.165, 1.54) is 12.3 Å². The Bertz CT molecular complexity index is 704. The van der Waals surface area contributed by atoms with E-state index in [9.17, 15) is 8.78 Å². The Morgan fingerprint density at radius 1 is 1.22 bits per heavy atom. The summed E-state index contributed by atoms with van der Waals surface area (Å²) in [6, 6.07) is 2.89. The third kappa shape index (κ3) is 3.37. The smallest absolute Gasteiger partial charge is 0.264 e. The van der Waals surface area contributed by atoms with E-state index >= 15 is 0 Å². The van der Waals surface area contributed by atoms with Crippen LogP contribution in [0.4, 0.5) is 20.4 Å². The molecule has 122 valence electrons. The summed E-state index contributed by atoms with van der Waals surface area (Å²) in [5, 5.41) is 0. The van der Waals surface area contributed by atoms with E-state index in [-0.39, 0.29) is 16.9 Å². The molecule has 1 fully saturated rings. The molecular formula is C15H17F2N5O. The fourth-order valence-electron chi connectivity index (χ4n) is 2.53. The summed E-state index contributed by atoms with van der Waals surface area (Å²) in [6.07, 6.45) is -1.32. The van der Waals surface area contributed by atoms with Gasteiger partial charge in [0.25, 0.3) is 6.43 Å². The molecular weight excluding hydrogens is 304 g/mol. The van der Waals surface area contributed by atoms with E-state index < -0.39 is 6.43 Å². The molecule has 3 heterocycles. The summed E-state index contributed by atoms with van der Waals surface area (Å²) in [5.74, 6) is 1.28. The zero-order chi connectivity index (χ0) is 16.4. The predicted molar refractivity (Wildman–Crippen MR) is 82.4 cm³/mol. The number of aromatic nitrogens is 3. The van der Waals surface area contributed by atoms with Gasteiger partial charge in [0, 0.05) is 36.5 Å². The summed E-state index contributed by atoms with van der Waals surface area (Å²) >= 11 is 0. The maximum Gasteiger partial charge on any atom is 0.264 e. The first kappa shape index (κ1) is 15.5. The van der Waals surface area contributed by atoms with Crippen LogP contribution in [0.15, 0.2) is 18.3 Å². The van der Waals surface area contributed by atoms with Crippen molar-refractivity contribution >= 4 is 11.6 Å². The van der Waals surface area contributed by atoms with Crippen molar-refractivity contribution in [3.63, 3.8) is 0 Å². The number of nitrogens with zero attached hydrogens (tertiary/aromatic N) is 4. The van der Waals surface area contributed by atoms with Crippen molar-refractivity contribution in [3.8, 4) is 11.3 Å². The Morgan fingerprint density at radius 3 is 2.65 bits per heavy atom. The number of nitrogens with two attached hydrogens (primary N) is 1. The molecule has 1 aliphatic rings. The van der Waals surface area contributed by atoms with Crippen LogP contribution >= 0.6 is 0 Å². The SMILES string of the molecule is Cc1nc(-c2cnc(N)cc2C(F)F)cc(N2CCOCC2)n1. The summed E-state index contributed by atoms with van der Waals surface area (Å²) in [6.45, 7) is 4.38. The van der Waals surface area contributed by atoms with Crippen molar-refractivity contribution in [2.45, 2.75) is 13.3 Å². The van der Waals surface area contributed by atoms with Gasteiger partial charge in [0.1, 0.15) is 17.5 Å². The Labute approximate surface area is 132 Å². The summed E-state index contributed by atoms with van der Waals surface area (Å²) in [7, 11) is 0. The molecule has 0 aliphatic carbocycles. The first-order chi connectivity index (χ1) is 11.0. The molecule has 0 saturated carbocycles. The van der Waals surface area contributed by atoms with E-state index in [0.717, 1.165) is 0 Å². The molecule has 0 radical (unpaired) electrons. The number of hydrogen-bond acceptors (Lipinski definition) is 6. The molecule has 1 saturated heterocycles. The Morgan fingerprint density at radius 2 is 1.96 bits per heavy atom. The Hall–Kier alpha value is -2.35. The molecule has 2 aromatic heterocycles. The van der Waals surface area contributed by atoms with Crippen molar-refractivity contribution < 1.29 is 13.5 Å². The molecule has 2 aromatic rings. The summed E-state index contributed by atoms with van der Waals surface area (Å²) < 4.78 is 31.9. The zero-order valence-corrected chi connectivity index (χ0v) is 12.7. The van der Waals surface area contributed by atoms with Gasteiger partial charge in [0.05, 0.1) is 18.9 Å². The average molecular weight is 321 g/mol. The molecule has 0 bridgehead atoms. The number of rotatable bonds is 3. The third-order valence-corrected chi connectivity index (χ3v) is 3.63. The highest BCUT2D eigenvalue weighted by Gasteiger charge is 2.19. The van der Waals surface area contributed by atoms with Crippen LogP contribution in [-0.4, -0.2) is 41.3 Å². The number of alkyl halides is 2. The van der Waals surface area contributed by atoms with Crippen molar-refractivity contribution in [1.82, 2.24) is 15.0 Å². The van der Waals surface area contributed by atoms with Gasteiger partial charge in [-0.15, -0.1) is 0 Å². The van der Waals surface area contributed by atoms with Gasteiger partial charge < -0.3 is 15.4 Å². The lowest BCUT2D eigenvalue weighted by molar-refractivity contribution is 0.122. The molecule has 3 rings (SSSR count).